The van der Waals surface area contributed by atoms with Crippen LogP contribution in [-0.4, -0.2) is 22.2 Å². The van der Waals surface area contributed by atoms with Gasteiger partial charge in [-0.25, -0.2) is 0 Å². The molecule has 3 fully saturated rings. The number of hydrogen-bond acceptors (Lipinski definition) is 3. The molecule has 1 aromatic rings. The van der Waals surface area contributed by atoms with Gasteiger partial charge in [0.05, 0.1) is 5.54 Å². The Balaban J connectivity index is 1.62. The maximum atomic E-state index is 11.3. The Morgan fingerprint density at radius 1 is 1.17 bits per heavy atom. The van der Waals surface area contributed by atoms with E-state index < -0.39 is 6.10 Å². The number of rotatable bonds is 0. The molecule has 2 aliphatic heterocycles. The number of anilines is 1. The lowest BCUT2D eigenvalue weighted by Gasteiger charge is -2.56. The number of hydrogen-bond donors (Lipinski definition) is 3. The van der Waals surface area contributed by atoms with Crippen LogP contribution < -0.4 is 10.6 Å². The third-order valence-electron chi connectivity index (χ3n) is 8.07. The van der Waals surface area contributed by atoms with Crippen LogP contribution in [0.4, 0.5) is 5.69 Å². The molecule has 3 N–H and O–H groups in total. The first-order valence-corrected chi connectivity index (χ1v) is 9.20. The molecule has 3 nitrogen and oxygen atoms in total. The summed E-state index contributed by atoms with van der Waals surface area (Å²) in [5.74, 6) is 1.44. The average molecular weight is 312 g/mol. The molecule has 0 amide bonds. The summed E-state index contributed by atoms with van der Waals surface area (Å²) in [4.78, 5) is 0. The van der Waals surface area contributed by atoms with Crippen molar-refractivity contribution < 1.29 is 5.11 Å². The molecule has 0 radical (unpaired) electrons. The summed E-state index contributed by atoms with van der Waals surface area (Å²) in [6.45, 7) is 7.18. The second-order valence-corrected chi connectivity index (χ2v) is 9.26. The van der Waals surface area contributed by atoms with Crippen LogP contribution in [-0.2, 0) is 0 Å². The zero-order valence-electron chi connectivity index (χ0n) is 14.4. The summed E-state index contributed by atoms with van der Waals surface area (Å²) in [5.41, 5.74) is 2.42. The lowest BCUT2D eigenvalue weighted by molar-refractivity contribution is -0.0385. The minimum absolute atomic E-state index is 0.163. The molecule has 2 aliphatic carbocycles. The molecule has 1 saturated heterocycles. The van der Waals surface area contributed by atoms with Gasteiger partial charge in [0.1, 0.15) is 6.10 Å². The number of benzene rings is 1. The van der Waals surface area contributed by atoms with Crippen LogP contribution in [0.5, 0.6) is 0 Å². The Morgan fingerprint density at radius 3 is 2.74 bits per heavy atom. The Hall–Kier alpha value is -1.06. The summed E-state index contributed by atoms with van der Waals surface area (Å²) in [6.07, 6.45) is 4.44. The average Bonchev–Trinajstić information content (AvgIpc) is 2.94. The number of aliphatic hydroxyl groups excluding tert-OH is 1. The van der Waals surface area contributed by atoms with Crippen LogP contribution in [0.2, 0.25) is 0 Å². The topological polar surface area (TPSA) is 44.3 Å². The number of nitrogens with one attached hydrogen (secondary N) is 2. The second-order valence-electron chi connectivity index (χ2n) is 9.26. The van der Waals surface area contributed by atoms with Gasteiger partial charge in [-0.2, -0.15) is 0 Å². The third-order valence-corrected chi connectivity index (χ3v) is 8.07. The fraction of sp³-hybridized carbons (Fsp3) is 0.700. The van der Waals surface area contributed by atoms with Gasteiger partial charge >= 0.3 is 0 Å². The highest BCUT2D eigenvalue weighted by atomic mass is 16.3. The first-order chi connectivity index (χ1) is 10.9. The van der Waals surface area contributed by atoms with Gasteiger partial charge in [0.15, 0.2) is 0 Å². The summed E-state index contributed by atoms with van der Waals surface area (Å²) >= 11 is 0. The minimum Gasteiger partial charge on any atom is -0.386 e. The lowest BCUT2D eigenvalue weighted by atomic mass is 9.55. The number of fused-ring (bicyclic) bond motifs is 3. The third kappa shape index (κ3) is 1.54. The van der Waals surface area contributed by atoms with Crippen LogP contribution in [0.15, 0.2) is 24.3 Å². The molecule has 4 aliphatic rings. The van der Waals surface area contributed by atoms with E-state index >= 15 is 0 Å². The monoisotopic (exact) mass is 312 g/mol. The molecule has 2 bridgehead atoms. The standard InChI is InChI=1S/C20H28N2O/c1-18(2)12-8-9-19(3)14(10-12)16(21-18)11-20(19)17(23)13-6-4-5-7-15(13)22-20/h4-7,12,14,16-17,21-23H,8-11H2,1-3H3/t12-,14+,16+,17?,19+,20-/m0/s1. The molecule has 23 heavy (non-hydrogen) atoms. The van der Waals surface area contributed by atoms with Crippen molar-refractivity contribution >= 4 is 5.69 Å². The Labute approximate surface area is 138 Å². The van der Waals surface area contributed by atoms with Crippen molar-refractivity contribution in [2.24, 2.45) is 17.3 Å². The van der Waals surface area contributed by atoms with E-state index in [9.17, 15) is 5.11 Å². The first-order valence-electron chi connectivity index (χ1n) is 9.20. The molecule has 1 spiro atoms. The van der Waals surface area contributed by atoms with E-state index in [-0.39, 0.29) is 16.5 Å². The lowest BCUT2D eigenvalue weighted by Crippen LogP contribution is -2.61. The van der Waals surface area contributed by atoms with E-state index in [4.69, 9.17) is 0 Å². The zero-order chi connectivity index (χ0) is 16.0. The maximum Gasteiger partial charge on any atom is 0.104 e. The van der Waals surface area contributed by atoms with E-state index in [0.29, 0.717) is 12.0 Å². The van der Waals surface area contributed by atoms with Gasteiger partial charge in [0.2, 0.25) is 0 Å². The van der Waals surface area contributed by atoms with Crippen molar-refractivity contribution in [1.29, 1.82) is 0 Å². The predicted octanol–water partition coefficient (Wildman–Crippen LogP) is 3.46. The van der Waals surface area contributed by atoms with Gasteiger partial charge in [0, 0.05) is 22.8 Å². The van der Waals surface area contributed by atoms with Gasteiger partial charge in [0.25, 0.3) is 0 Å². The zero-order valence-corrected chi connectivity index (χ0v) is 14.4. The number of para-hydroxylation sites is 1. The highest BCUT2D eigenvalue weighted by molar-refractivity contribution is 5.62. The van der Waals surface area contributed by atoms with E-state index in [0.717, 1.165) is 23.6 Å². The Bertz CT molecular complexity index is 671. The van der Waals surface area contributed by atoms with E-state index in [2.05, 4.69) is 49.6 Å². The fourth-order valence-electron chi connectivity index (χ4n) is 6.67. The van der Waals surface area contributed by atoms with E-state index in [1.54, 1.807) is 0 Å². The Kier molecular flexibility index (Phi) is 2.56. The molecule has 1 aromatic carbocycles. The summed E-state index contributed by atoms with van der Waals surface area (Å²) in [6, 6.07) is 8.85. The van der Waals surface area contributed by atoms with Crippen molar-refractivity contribution in [1.82, 2.24) is 5.32 Å². The largest absolute Gasteiger partial charge is 0.386 e. The van der Waals surface area contributed by atoms with Crippen molar-refractivity contribution in [2.45, 2.75) is 69.7 Å². The summed E-state index contributed by atoms with van der Waals surface area (Å²) < 4.78 is 0. The van der Waals surface area contributed by atoms with Crippen molar-refractivity contribution in [3.05, 3.63) is 29.8 Å². The van der Waals surface area contributed by atoms with E-state index in [1.807, 2.05) is 6.07 Å². The maximum absolute atomic E-state index is 11.3. The Morgan fingerprint density at radius 2 is 1.96 bits per heavy atom. The normalized spacial score (nSPS) is 49.0. The van der Waals surface area contributed by atoms with Crippen molar-refractivity contribution in [3.63, 3.8) is 0 Å². The molecule has 1 unspecified atom stereocenters. The molecule has 6 atom stereocenters. The molecule has 124 valence electrons. The summed E-state index contributed by atoms with van der Waals surface area (Å²) in [7, 11) is 0. The van der Waals surface area contributed by atoms with Gasteiger partial charge in [-0.15, -0.1) is 0 Å². The smallest absolute Gasteiger partial charge is 0.104 e. The highest BCUT2D eigenvalue weighted by Crippen LogP contribution is 2.67. The van der Waals surface area contributed by atoms with Crippen LogP contribution in [0.3, 0.4) is 0 Å². The SMILES string of the molecule is CC1(C)N[C@@H]2C[C@@]3(Nc4ccccc4C3O)[C@]3(C)CC[C@H]1C[C@H]23. The number of piperidine rings is 1. The molecule has 5 rings (SSSR count). The fourth-order valence-corrected chi connectivity index (χ4v) is 6.67. The van der Waals surface area contributed by atoms with Crippen molar-refractivity contribution in [3.8, 4) is 0 Å². The first kappa shape index (κ1) is 14.3. The highest BCUT2D eigenvalue weighted by Gasteiger charge is 2.69. The second kappa shape index (κ2) is 4.12. The molecule has 2 saturated carbocycles. The van der Waals surface area contributed by atoms with Crippen LogP contribution in [0.25, 0.3) is 0 Å². The van der Waals surface area contributed by atoms with Gasteiger partial charge in [-0.05, 0) is 62.8 Å². The van der Waals surface area contributed by atoms with Gasteiger partial charge in [-0.1, -0.05) is 25.1 Å². The predicted molar refractivity (Wildman–Crippen MR) is 92.3 cm³/mol. The number of aliphatic hydroxyl groups is 1. The molecule has 2 heterocycles. The van der Waals surface area contributed by atoms with E-state index in [1.165, 1.54) is 19.3 Å². The molecule has 0 aromatic heterocycles. The van der Waals surface area contributed by atoms with Gasteiger partial charge in [-0.3, -0.25) is 0 Å². The quantitative estimate of drug-likeness (QED) is 0.687. The molecular weight excluding hydrogens is 284 g/mol. The van der Waals surface area contributed by atoms with Crippen LogP contribution in [0, 0.1) is 17.3 Å². The van der Waals surface area contributed by atoms with Crippen LogP contribution >= 0.6 is 0 Å². The molecular formula is C20H28N2O. The minimum atomic E-state index is -0.393. The van der Waals surface area contributed by atoms with Crippen molar-refractivity contribution in [2.75, 3.05) is 5.32 Å². The molecule has 3 heteroatoms. The van der Waals surface area contributed by atoms with Gasteiger partial charge < -0.3 is 15.7 Å². The summed E-state index contributed by atoms with van der Waals surface area (Å²) in [5, 5.41) is 19.1. The van der Waals surface area contributed by atoms with Crippen LogP contribution in [0.1, 0.15) is 58.1 Å².